The number of alkyl halides is 1. The van der Waals surface area contributed by atoms with Crippen molar-refractivity contribution in [2.75, 3.05) is 6.54 Å². The number of rotatable bonds is 6. The quantitative estimate of drug-likeness (QED) is 0.782. The van der Waals surface area contributed by atoms with Crippen LogP contribution in [0.3, 0.4) is 0 Å². The van der Waals surface area contributed by atoms with Crippen LogP contribution in [0.5, 0.6) is 0 Å². The Morgan fingerprint density at radius 3 is 2.79 bits per heavy atom. The molecule has 1 aliphatic carbocycles. The molecule has 0 aromatic carbocycles. The smallest absolute Gasteiger partial charge is 0.287 e. The Balaban J connectivity index is 1.75. The van der Waals surface area contributed by atoms with E-state index in [9.17, 15) is 9.59 Å². The first-order valence-corrected chi connectivity index (χ1v) is 6.86. The second-order valence-electron chi connectivity index (χ2n) is 4.67. The van der Waals surface area contributed by atoms with E-state index >= 15 is 0 Å². The summed E-state index contributed by atoms with van der Waals surface area (Å²) in [7, 11) is 0. The standard InChI is InChI=1S/C13H17ClN2O3/c1-8-9(7-14)6-11(19-8)13(18)15-5-4-12(17)16-10-2-3-10/h6,10H,2-5,7H2,1H3,(H,15,18)(H,16,17). The highest BCUT2D eigenvalue weighted by Crippen LogP contribution is 2.18. The van der Waals surface area contributed by atoms with Gasteiger partial charge in [0.05, 0.1) is 5.88 Å². The minimum absolute atomic E-state index is 0.0279. The summed E-state index contributed by atoms with van der Waals surface area (Å²) in [4.78, 5) is 23.2. The van der Waals surface area contributed by atoms with Crippen molar-refractivity contribution in [2.24, 2.45) is 0 Å². The lowest BCUT2D eigenvalue weighted by Crippen LogP contribution is -2.31. The lowest BCUT2D eigenvalue weighted by atomic mass is 10.3. The zero-order chi connectivity index (χ0) is 13.8. The largest absolute Gasteiger partial charge is 0.456 e. The molecule has 1 aliphatic rings. The molecule has 2 N–H and O–H groups in total. The van der Waals surface area contributed by atoms with Crippen LogP contribution in [0.15, 0.2) is 10.5 Å². The molecular weight excluding hydrogens is 268 g/mol. The first-order chi connectivity index (χ1) is 9.10. The fourth-order valence-corrected chi connectivity index (χ4v) is 1.93. The van der Waals surface area contributed by atoms with Gasteiger partial charge in [0.1, 0.15) is 5.76 Å². The molecule has 5 nitrogen and oxygen atoms in total. The Morgan fingerprint density at radius 2 is 2.21 bits per heavy atom. The zero-order valence-electron chi connectivity index (χ0n) is 10.8. The summed E-state index contributed by atoms with van der Waals surface area (Å²) in [5, 5.41) is 5.51. The molecule has 0 spiro atoms. The van der Waals surface area contributed by atoms with Gasteiger partial charge >= 0.3 is 0 Å². The molecule has 19 heavy (non-hydrogen) atoms. The maximum Gasteiger partial charge on any atom is 0.287 e. The molecule has 1 heterocycles. The average molecular weight is 285 g/mol. The van der Waals surface area contributed by atoms with Crippen molar-refractivity contribution in [3.05, 3.63) is 23.2 Å². The fourth-order valence-electron chi connectivity index (χ4n) is 1.67. The highest BCUT2D eigenvalue weighted by Gasteiger charge is 2.23. The third kappa shape index (κ3) is 3.99. The predicted octanol–water partition coefficient (Wildman–Crippen LogP) is 1.73. The normalized spacial score (nSPS) is 14.2. The van der Waals surface area contributed by atoms with E-state index in [-0.39, 0.29) is 24.0 Å². The third-order valence-electron chi connectivity index (χ3n) is 2.97. The number of hydrogen-bond donors (Lipinski definition) is 2. The number of aryl methyl sites for hydroxylation is 1. The Labute approximate surface area is 116 Å². The molecule has 0 saturated heterocycles. The summed E-state index contributed by atoms with van der Waals surface area (Å²) in [6.45, 7) is 2.06. The van der Waals surface area contributed by atoms with E-state index in [1.807, 2.05) is 0 Å². The second kappa shape index (κ2) is 6.10. The molecule has 2 amide bonds. The van der Waals surface area contributed by atoms with Gasteiger partial charge < -0.3 is 15.1 Å². The van der Waals surface area contributed by atoms with Crippen molar-refractivity contribution in [2.45, 2.75) is 38.1 Å². The van der Waals surface area contributed by atoms with Crippen LogP contribution in [0.4, 0.5) is 0 Å². The third-order valence-corrected chi connectivity index (χ3v) is 3.26. The minimum Gasteiger partial charge on any atom is -0.456 e. The van der Waals surface area contributed by atoms with Gasteiger partial charge in [-0.3, -0.25) is 9.59 Å². The summed E-state index contributed by atoms with van der Waals surface area (Å²) in [5.41, 5.74) is 0.804. The van der Waals surface area contributed by atoms with Crippen LogP contribution >= 0.6 is 11.6 Å². The molecular formula is C13H17ClN2O3. The zero-order valence-corrected chi connectivity index (χ0v) is 11.5. The molecule has 2 rings (SSSR count). The molecule has 104 valence electrons. The molecule has 1 aromatic heterocycles. The molecule has 0 bridgehead atoms. The SMILES string of the molecule is Cc1oc(C(=O)NCCC(=O)NC2CC2)cc1CCl. The summed E-state index contributed by atoms with van der Waals surface area (Å²) in [6, 6.07) is 1.98. The fraction of sp³-hybridized carbons (Fsp3) is 0.538. The van der Waals surface area contributed by atoms with Gasteiger partial charge in [-0.15, -0.1) is 11.6 Å². The number of furan rings is 1. The van der Waals surface area contributed by atoms with Crippen molar-refractivity contribution >= 4 is 23.4 Å². The summed E-state index contributed by atoms with van der Waals surface area (Å²) >= 11 is 5.71. The van der Waals surface area contributed by atoms with Crippen molar-refractivity contribution in [3.63, 3.8) is 0 Å². The lowest BCUT2D eigenvalue weighted by Gasteiger charge is -2.04. The van der Waals surface area contributed by atoms with Crippen molar-refractivity contribution < 1.29 is 14.0 Å². The van der Waals surface area contributed by atoms with Gasteiger partial charge in [0.15, 0.2) is 5.76 Å². The van der Waals surface area contributed by atoms with E-state index in [1.54, 1.807) is 13.0 Å². The molecule has 1 saturated carbocycles. The molecule has 0 atom stereocenters. The Kier molecular flexibility index (Phi) is 4.47. The monoisotopic (exact) mass is 284 g/mol. The Hall–Kier alpha value is -1.49. The first-order valence-electron chi connectivity index (χ1n) is 6.33. The van der Waals surface area contributed by atoms with Crippen LogP contribution in [0.25, 0.3) is 0 Å². The maximum absolute atomic E-state index is 11.8. The number of hydrogen-bond acceptors (Lipinski definition) is 3. The van der Waals surface area contributed by atoms with Crippen LogP contribution in [0, 0.1) is 6.92 Å². The van der Waals surface area contributed by atoms with Crippen molar-refractivity contribution in [3.8, 4) is 0 Å². The summed E-state index contributed by atoms with van der Waals surface area (Å²) < 4.78 is 5.30. The van der Waals surface area contributed by atoms with E-state index in [2.05, 4.69) is 10.6 Å². The van der Waals surface area contributed by atoms with Gasteiger partial charge in [0, 0.05) is 24.6 Å². The number of carbonyl (C=O) groups is 2. The number of halogens is 1. The average Bonchev–Trinajstić information content (AvgIpc) is 3.09. The van der Waals surface area contributed by atoms with Crippen LogP contribution in [0.1, 0.15) is 41.1 Å². The number of amides is 2. The van der Waals surface area contributed by atoms with Gasteiger partial charge in [-0.2, -0.15) is 0 Å². The van der Waals surface area contributed by atoms with Gasteiger partial charge in [-0.05, 0) is 25.8 Å². The summed E-state index contributed by atoms with van der Waals surface area (Å²) in [6.07, 6.45) is 2.40. The molecule has 0 unspecified atom stereocenters. The molecule has 0 aliphatic heterocycles. The van der Waals surface area contributed by atoms with Gasteiger partial charge in [0.25, 0.3) is 5.91 Å². The Morgan fingerprint density at radius 1 is 1.47 bits per heavy atom. The lowest BCUT2D eigenvalue weighted by molar-refractivity contribution is -0.121. The van der Waals surface area contributed by atoms with E-state index in [0.29, 0.717) is 24.2 Å². The van der Waals surface area contributed by atoms with Crippen LogP contribution in [-0.2, 0) is 10.7 Å². The van der Waals surface area contributed by atoms with E-state index in [0.717, 1.165) is 18.4 Å². The highest BCUT2D eigenvalue weighted by molar-refractivity contribution is 6.17. The topological polar surface area (TPSA) is 71.3 Å². The second-order valence-corrected chi connectivity index (χ2v) is 4.94. The maximum atomic E-state index is 11.8. The molecule has 1 fully saturated rings. The van der Waals surface area contributed by atoms with E-state index in [1.165, 1.54) is 0 Å². The minimum atomic E-state index is -0.321. The van der Waals surface area contributed by atoms with Crippen molar-refractivity contribution in [1.29, 1.82) is 0 Å². The summed E-state index contributed by atoms with van der Waals surface area (Å²) in [5.74, 6) is 0.841. The van der Waals surface area contributed by atoms with Crippen molar-refractivity contribution in [1.82, 2.24) is 10.6 Å². The van der Waals surface area contributed by atoms with E-state index < -0.39 is 0 Å². The van der Waals surface area contributed by atoms with Gasteiger partial charge in [0.2, 0.25) is 5.91 Å². The van der Waals surface area contributed by atoms with Gasteiger partial charge in [-0.1, -0.05) is 0 Å². The van der Waals surface area contributed by atoms with Crippen LogP contribution in [-0.4, -0.2) is 24.4 Å². The molecule has 0 radical (unpaired) electrons. The number of carbonyl (C=O) groups excluding carboxylic acids is 2. The molecule has 1 aromatic rings. The number of nitrogens with one attached hydrogen (secondary N) is 2. The van der Waals surface area contributed by atoms with Crippen LogP contribution < -0.4 is 10.6 Å². The first kappa shape index (κ1) is 13.9. The predicted molar refractivity (Wildman–Crippen MR) is 71.1 cm³/mol. The van der Waals surface area contributed by atoms with Gasteiger partial charge in [-0.25, -0.2) is 0 Å². The van der Waals surface area contributed by atoms with Crippen LogP contribution in [0.2, 0.25) is 0 Å². The highest BCUT2D eigenvalue weighted by atomic mass is 35.5. The molecule has 6 heteroatoms. The van der Waals surface area contributed by atoms with E-state index in [4.69, 9.17) is 16.0 Å². The Bertz CT molecular complexity index is 480.